The summed E-state index contributed by atoms with van der Waals surface area (Å²) in [6, 6.07) is 4.78. The quantitative estimate of drug-likeness (QED) is 0.329. The molecule has 1 saturated heterocycles. The molecule has 1 aromatic carbocycles. The minimum atomic E-state index is -1.29. The maximum atomic E-state index is 13.1. The summed E-state index contributed by atoms with van der Waals surface area (Å²) < 4.78 is 0. The number of carboxylic acid groups (broad SMARTS) is 1. The van der Waals surface area contributed by atoms with Crippen LogP contribution in [0.15, 0.2) is 30.3 Å². The highest BCUT2D eigenvalue weighted by Crippen LogP contribution is 2.19. The van der Waals surface area contributed by atoms with Crippen molar-refractivity contribution in [1.82, 2.24) is 15.5 Å². The van der Waals surface area contributed by atoms with E-state index in [4.69, 9.17) is 5.73 Å². The van der Waals surface area contributed by atoms with Crippen LogP contribution in [0.5, 0.6) is 0 Å². The summed E-state index contributed by atoms with van der Waals surface area (Å²) >= 11 is 0. The Labute approximate surface area is 174 Å². The molecule has 4 unspecified atom stereocenters. The maximum absolute atomic E-state index is 13.1. The highest BCUT2D eigenvalue weighted by atomic mass is 16.4. The molecule has 0 aromatic heterocycles. The summed E-state index contributed by atoms with van der Waals surface area (Å²) in [5.41, 5.74) is 6.24. The van der Waals surface area contributed by atoms with Crippen LogP contribution in [0.25, 0.3) is 0 Å². The number of hydrogen-bond donors (Lipinski definition) is 5. The van der Waals surface area contributed by atoms with Gasteiger partial charge in [-0.3, -0.25) is 14.4 Å². The zero-order valence-electron chi connectivity index (χ0n) is 16.8. The van der Waals surface area contributed by atoms with Crippen molar-refractivity contribution in [3.05, 3.63) is 35.9 Å². The van der Waals surface area contributed by atoms with Crippen LogP contribution in [0, 0.1) is 0 Å². The number of aliphatic hydroxyl groups excluding tert-OH is 1. The molecule has 1 heterocycles. The van der Waals surface area contributed by atoms with E-state index in [1.807, 2.05) is 6.07 Å². The van der Waals surface area contributed by atoms with Crippen molar-refractivity contribution in [2.75, 3.05) is 13.2 Å². The molecule has 0 spiro atoms. The number of nitrogens with one attached hydrogen (secondary N) is 2. The van der Waals surface area contributed by atoms with Crippen molar-refractivity contribution in [3.8, 4) is 0 Å². The average molecular weight is 420 g/mol. The molecule has 0 bridgehead atoms. The van der Waals surface area contributed by atoms with Gasteiger partial charge >= 0.3 is 5.97 Å². The maximum Gasteiger partial charge on any atom is 0.326 e. The Kier molecular flexibility index (Phi) is 8.31. The lowest BCUT2D eigenvalue weighted by Crippen LogP contribution is -2.58. The van der Waals surface area contributed by atoms with Gasteiger partial charge in [-0.2, -0.15) is 0 Å². The van der Waals surface area contributed by atoms with Gasteiger partial charge in [-0.1, -0.05) is 30.3 Å². The molecule has 0 saturated carbocycles. The summed E-state index contributed by atoms with van der Waals surface area (Å²) in [7, 11) is 0. The van der Waals surface area contributed by atoms with Gasteiger partial charge in [0.25, 0.3) is 0 Å². The lowest BCUT2D eigenvalue weighted by molar-refractivity contribution is -0.149. The lowest BCUT2D eigenvalue weighted by atomic mass is 10.0. The molecular formula is C20H28N4O6. The van der Waals surface area contributed by atoms with Crippen LogP contribution in [0.4, 0.5) is 0 Å². The third-order valence-electron chi connectivity index (χ3n) is 4.95. The van der Waals surface area contributed by atoms with E-state index in [0.29, 0.717) is 12.8 Å². The molecule has 1 aliphatic rings. The minimum absolute atomic E-state index is 0.133. The Bertz CT molecular complexity index is 770. The van der Waals surface area contributed by atoms with Crippen molar-refractivity contribution in [1.29, 1.82) is 0 Å². The fourth-order valence-electron chi connectivity index (χ4n) is 3.31. The molecule has 30 heavy (non-hydrogen) atoms. The molecule has 10 heteroatoms. The number of aliphatic carboxylic acids is 1. The van der Waals surface area contributed by atoms with Crippen molar-refractivity contribution < 1.29 is 29.4 Å². The highest BCUT2D eigenvalue weighted by molar-refractivity contribution is 5.94. The Morgan fingerprint density at radius 2 is 1.77 bits per heavy atom. The van der Waals surface area contributed by atoms with E-state index in [1.165, 1.54) is 11.8 Å². The number of rotatable bonds is 9. The molecule has 3 amide bonds. The summed E-state index contributed by atoms with van der Waals surface area (Å²) in [4.78, 5) is 50.3. The molecule has 6 N–H and O–H groups in total. The second-order valence-electron chi connectivity index (χ2n) is 7.31. The number of likely N-dealkylation sites (tertiary alicyclic amines) is 1. The van der Waals surface area contributed by atoms with E-state index < -0.39 is 54.5 Å². The lowest BCUT2D eigenvalue weighted by Gasteiger charge is -2.28. The monoisotopic (exact) mass is 420 g/mol. The van der Waals surface area contributed by atoms with Gasteiger partial charge < -0.3 is 31.5 Å². The SMILES string of the molecule is CC(N)C(=O)NC(CO)C(=O)NC(Cc1ccccc1)C(=O)N1CCCC1C(=O)O. The zero-order valence-corrected chi connectivity index (χ0v) is 16.8. The summed E-state index contributed by atoms with van der Waals surface area (Å²) in [5.74, 6) is -3.00. The van der Waals surface area contributed by atoms with E-state index >= 15 is 0 Å². The predicted octanol–water partition coefficient (Wildman–Crippen LogP) is -1.39. The normalized spacial score (nSPS) is 18.9. The Hall–Kier alpha value is -2.98. The Morgan fingerprint density at radius 1 is 1.13 bits per heavy atom. The summed E-state index contributed by atoms with van der Waals surface area (Å²) in [6.45, 7) is 1.03. The summed E-state index contributed by atoms with van der Waals surface area (Å²) in [6.07, 6.45) is 1.03. The number of amides is 3. The Balaban J connectivity index is 2.20. The number of hydrogen-bond acceptors (Lipinski definition) is 6. The van der Waals surface area contributed by atoms with Gasteiger partial charge in [0, 0.05) is 13.0 Å². The van der Waals surface area contributed by atoms with E-state index in [1.54, 1.807) is 24.3 Å². The number of nitrogens with two attached hydrogens (primary N) is 1. The molecule has 1 aliphatic heterocycles. The average Bonchev–Trinajstić information content (AvgIpc) is 3.21. The Morgan fingerprint density at radius 3 is 2.33 bits per heavy atom. The van der Waals surface area contributed by atoms with E-state index in [0.717, 1.165) is 5.56 Å². The van der Waals surface area contributed by atoms with Crippen LogP contribution < -0.4 is 16.4 Å². The first-order valence-electron chi connectivity index (χ1n) is 9.79. The molecule has 164 valence electrons. The van der Waals surface area contributed by atoms with Gasteiger partial charge in [-0.15, -0.1) is 0 Å². The van der Waals surface area contributed by atoms with Gasteiger partial charge in [0.05, 0.1) is 12.6 Å². The number of carbonyl (C=O) groups is 4. The van der Waals surface area contributed by atoms with Crippen LogP contribution >= 0.6 is 0 Å². The number of nitrogens with zero attached hydrogens (tertiary/aromatic N) is 1. The first-order chi connectivity index (χ1) is 14.2. The number of carboxylic acids is 1. The first kappa shape index (κ1) is 23.3. The number of aliphatic hydroxyl groups is 1. The van der Waals surface area contributed by atoms with Crippen LogP contribution in [-0.2, 0) is 25.6 Å². The van der Waals surface area contributed by atoms with E-state index in [-0.39, 0.29) is 13.0 Å². The molecule has 10 nitrogen and oxygen atoms in total. The molecule has 1 fully saturated rings. The third kappa shape index (κ3) is 6.01. The van der Waals surface area contributed by atoms with Crippen LogP contribution in [0.2, 0.25) is 0 Å². The molecule has 1 aromatic rings. The molecule has 4 atom stereocenters. The van der Waals surface area contributed by atoms with E-state index in [2.05, 4.69) is 10.6 Å². The van der Waals surface area contributed by atoms with Crippen molar-refractivity contribution >= 4 is 23.7 Å². The molecule has 0 radical (unpaired) electrons. The van der Waals surface area contributed by atoms with Gasteiger partial charge in [0.1, 0.15) is 18.1 Å². The smallest absolute Gasteiger partial charge is 0.326 e. The fraction of sp³-hybridized carbons (Fsp3) is 0.500. The van der Waals surface area contributed by atoms with Crippen molar-refractivity contribution in [3.63, 3.8) is 0 Å². The van der Waals surface area contributed by atoms with Crippen molar-refractivity contribution in [2.45, 2.75) is 50.4 Å². The van der Waals surface area contributed by atoms with Gasteiger partial charge in [-0.05, 0) is 25.3 Å². The zero-order chi connectivity index (χ0) is 22.3. The fourth-order valence-corrected chi connectivity index (χ4v) is 3.31. The van der Waals surface area contributed by atoms with Crippen molar-refractivity contribution in [2.24, 2.45) is 5.73 Å². The number of carbonyl (C=O) groups excluding carboxylic acids is 3. The standard InChI is InChI=1S/C20H28N4O6/c1-12(21)17(26)23-15(11-25)18(27)22-14(10-13-6-3-2-4-7-13)19(28)24-9-5-8-16(24)20(29)30/h2-4,6-7,12,14-16,25H,5,8-11,21H2,1H3,(H,22,27)(H,23,26)(H,29,30). The second kappa shape index (κ2) is 10.7. The topological polar surface area (TPSA) is 162 Å². The molecule has 2 rings (SSSR count). The van der Waals surface area contributed by atoms with Gasteiger partial charge in [0.2, 0.25) is 17.7 Å². The van der Waals surface area contributed by atoms with Crippen LogP contribution in [0.1, 0.15) is 25.3 Å². The second-order valence-corrected chi connectivity index (χ2v) is 7.31. The predicted molar refractivity (Wildman–Crippen MR) is 107 cm³/mol. The summed E-state index contributed by atoms with van der Waals surface area (Å²) in [5, 5.41) is 23.8. The van der Waals surface area contributed by atoms with Crippen LogP contribution in [-0.4, -0.2) is 76.1 Å². The van der Waals surface area contributed by atoms with Crippen LogP contribution in [0.3, 0.4) is 0 Å². The number of benzene rings is 1. The third-order valence-corrected chi connectivity index (χ3v) is 4.95. The molecule has 0 aliphatic carbocycles. The molecular weight excluding hydrogens is 392 g/mol. The minimum Gasteiger partial charge on any atom is -0.480 e. The van der Waals surface area contributed by atoms with E-state index in [9.17, 15) is 29.4 Å². The van der Waals surface area contributed by atoms with Gasteiger partial charge in [0.15, 0.2) is 0 Å². The highest BCUT2D eigenvalue weighted by Gasteiger charge is 2.38. The van der Waals surface area contributed by atoms with Gasteiger partial charge in [-0.25, -0.2) is 4.79 Å². The largest absolute Gasteiger partial charge is 0.480 e. The first-order valence-corrected chi connectivity index (χ1v) is 9.79.